The van der Waals surface area contributed by atoms with Crippen molar-refractivity contribution >= 4 is 196 Å². The van der Waals surface area contributed by atoms with Gasteiger partial charge in [-0.25, -0.2) is 19.9 Å². The molecule has 0 fully saturated rings. The lowest BCUT2D eigenvalue weighted by Gasteiger charge is -2.25. The van der Waals surface area contributed by atoms with Gasteiger partial charge in [-0.05, 0) is 251 Å². The van der Waals surface area contributed by atoms with Crippen LogP contribution in [-0.2, 0) is 5.41 Å². The number of hydrogen-bond donors (Lipinski definition) is 0. The Morgan fingerprint density at radius 3 is 0.901 bits per heavy atom. The standard InChI is InChI=1S/C68H41N5.C65H42N4/c1-2-20-48(21-3-1)71-61-27-12-8-22-52(61)56-38-47(29-34-63(56)71)67-68(70-60-26-11-10-25-59(60)69-67)55-24-14-19-46-35-49(30-32-51(46)55)73-65-40-45-18-7-5-16-43(45)37-58(65)54-33-31-50(41-66(54)73)72-62-28-13-9-23-53(62)57-36-42-15-4-6-17-44(42)39-64(57)72;1-65(2)55-25-9-7-20-47(55)50-22-14-24-52(62(50)65)64-63(66-56-26-10-11-27-57(56)67-64)51-23-13-19-43-33-44(29-31-46(43)51)69-60-37-42-18-6-4-16-40(42)35-54(60)49-32-30-45(38-61(49)69)68-58-28-12-8-21-48(58)53-34-39-15-3-5-17-41(39)36-59(53)68/h1-41H;3-38H,1-2H3. The fourth-order valence-electron chi connectivity index (χ4n) is 24.1. The van der Waals surface area contributed by atoms with Crippen molar-refractivity contribution in [3.63, 3.8) is 0 Å². The van der Waals surface area contributed by atoms with E-state index < -0.39 is 0 Å². The third kappa shape index (κ3) is 12.0. The lowest BCUT2D eigenvalue weighted by molar-refractivity contribution is 0.662. The molecular formula is C133H83N9. The monoisotopic (exact) mass is 1810 g/mol. The molecule has 9 heteroatoms. The van der Waals surface area contributed by atoms with Crippen molar-refractivity contribution in [3.05, 3.63) is 478 Å². The third-order valence-corrected chi connectivity index (χ3v) is 30.5. The molecule has 0 radical (unpaired) electrons. The van der Waals surface area contributed by atoms with E-state index in [1.165, 1.54) is 158 Å². The van der Waals surface area contributed by atoms with E-state index in [4.69, 9.17) is 19.9 Å². The zero-order valence-corrected chi connectivity index (χ0v) is 77.5. The second-order valence-corrected chi connectivity index (χ2v) is 38.7. The number of benzene rings is 23. The molecule has 0 saturated carbocycles. The maximum Gasteiger partial charge on any atom is 0.0979 e. The SMILES string of the molecule is CC1(C)c2ccccc2-c2cccc(-c3nc4ccccc4nc3-c3cccc4cc(-n5c6cc(-n7c8ccccc8c8cc9ccccc9cc87)ccc6c6cc7ccccc7cc65)ccc34)c21.c1ccc(-n2c3ccccc3c3cc(-c4nc5ccccc5nc4-c4cccc5cc(-n6c7cc(-n8c9ccccc9c9cc%10ccccc%10cc98)ccc7c7cc8ccccc8cc76)ccc45)ccc32)cc1. The summed E-state index contributed by atoms with van der Waals surface area (Å²) in [5, 5.41) is 26.6. The first-order valence-corrected chi connectivity index (χ1v) is 48.9. The van der Waals surface area contributed by atoms with Crippen LogP contribution in [0, 0.1) is 0 Å². The van der Waals surface area contributed by atoms with Crippen LogP contribution < -0.4 is 0 Å². The second kappa shape index (κ2) is 30.7. The van der Waals surface area contributed by atoms with Crippen LogP contribution in [0.2, 0.25) is 0 Å². The highest BCUT2D eigenvalue weighted by Gasteiger charge is 2.39. The van der Waals surface area contributed by atoms with Gasteiger partial charge in [-0.15, -0.1) is 0 Å². The molecule has 1 aliphatic rings. The molecule has 0 saturated heterocycles. The lowest BCUT2D eigenvalue weighted by Crippen LogP contribution is -2.16. The largest absolute Gasteiger partial charge is 0.309 e. The summed E-state index contributed by atoms with van der Waals surface area (Å²) in [7, 11) is 0. The second-order valence-electron chi connectivity index (χ2n) is 38.7. The van der Waals surface area contributed by atoms with Gasteiger partial charge in [-0.2, -0.15) is 0 Å². The summed E-state index contributed by atoms with van der Waals surface area (Å²) in [6, 6.07) is 171. The van der Waals surface area contributed by atoms with Gasteiger partial charge in [0, 0.05) is 110 Å². The Morgan fingerprint density at radius 1 is 0.162 bits per heavy atom. The van der Waals surface area contributed by atoms with Crippen molar-refractivity contribution in [3.8, 4) is 84.6 Å². The van der Waals surface area contributed by atoms with Crippen LogP contribution in [-0.4, -0.2) is 42.8 Å². The summed E-state index contributed by atoms with van der Waals surface area (Å²) in [5.41, 5.74) is 33.6. The summed E-state index contributed by atoms with van der Waals surface area (Å²) >= 11 is 0. The number of fused-ring (bicyclic) bond motifs is 26. The van der Waals surface area contributed by atoms with Crippen LogP contribution in [0.5, 0.6) is 0 Å². The van der Waals surface area contributed by atoms with Crippen molar-refractivity contribution in [1.82, 2.24) is 42.8 Å². The van der Waals surface area contributed by atoms with Crippen molar-refractivity contribution in [2.75, 3.05) is 0 Å². The molecule has 31 rings (SSSR count). The van der Waals surface area contributed by atoms with E-state index in [1.54, 1.807) is 0 Å². The van der Waals surface area contributed by atoms with Gasteiger partial charge in [-0.1, -0.05) is 317 Å². The van der Waals surface area contributed by atoms with E-state index in [1.807, 2.05) is 12.1 Å². The first kappa shape index (κ1) is 79.5. The minimum Gasteiger partial charge on any atom is -0.309 e. The lowest BCUT2D eigenvalue weighted by atomic mass is 9.79. The molecule has 0 atom stereocenters. The third-order valence-electron chi connectivity index (χ3n) is 30.5. The highest BCUT2D eigenvalue weighted by Crippen LogP contribution is 2.54. The maximum absolute atomic E-state index is 5.50. The Hall–Kier alpha value is -18.7. The van der Waals surface area contributed by atoms with Crippen molar-refractivity contribution in [1.29, 1.82) is 0 Å². The first-order valence-electron chi connectivity index (χ1n) is 48.9. The van der Waals surface area contributed by atoms with Gasteiger partial charge in [0.2, 0.25) is 0 Å². The molecule has 7 heterocycles. The van der Waals surface area contributed by atoms with Crippen molar-refractivity contribution < 1.29 is 0 Å². The number of para-hydroxylation sites is 8. The molecule has 9 nitrogen and oxygen atoms in total. The quantitative estimate of drug-likeness (QED) is 0.144. The van der Waals surface area contributed by atoms with Gasteiger partial charge in [0.25, 0.3) is 0 Å². The van der Waals surface area contributed by atoms with Crippen LogP contribution in [0.25, 0.3) is 280 Å². The maximum atomic E-state index is 5.50. The van der Waals surface area contributed by atoms with Gasteiger partial charge in [-0.3, -0.25) is 0 Å². The number of aromatic nitrogens is 9. The predicted octanol–water partition coefficient (Wildman–Crippen LogP) is 34.6. The zero-order chi connectivity index (χ0) is 93.3. The van der Waals surface area contributed by atoms with Gasteiger partial charge in [0.15, 0.2) is 0 Å². The fraction of sp³-hybridized carbons (Fsp3) is 0.0226. The Bertz CT molecular complexity index is 10700. The summed E-state index contributed by atoms with van der Waals surface area (Å²) in [5.74, 6) is 0. The van der Waals surface area contributed by atoms with Crippen LogP contribution in [0.4, 0.5) is 0 Å². The molecule has 660 valence electrons. The molecule has 1 aliphatic carbocycles. The van der Waals surface area contributed by atoms with Gasteiger partial charge in [0.1, 0.15) is 0 Å². The fourth-order valence-corrected chi connectivity index (χ4v) is 24.1. The van der Waals surface area contributed by atoms with Gasteiger partial charge < -0.3 is 22.8 Å². The normalized spacial score (nSPS) is 12.6. The summed E-state index contributed by atoms with van der Waals surface area (Å²) in [6.07, 6.45) is 0. The molecule has 0 aliphatic heterocycles. The summed E-state index contributed by atoms with van der Waals surface area (Å²) in [6.45, 7) is 4.69. The average Bonchev–Trinajstić information content (AvgIpc) is 1.56. The number of hydrogen-bond acceptors (Lipinski definition) is 4. The smallest absolute Gasteiger partial charge is 0.0979 e. The summed E-state index contributed by atoms with van der Waals surface area (Å²) < 4.78 is 12.2. The van der Waals surface area contributed by atoms with Gasteiger partial charge >= 0.3 is 0 Å². The molecular weight excluding hydrogens is 1720 g/mol. The van der Waals surface area contributed by atoms with E-state index in [-0.39, 0.29) is 5.41 Å². The molecule has 142 heavy (non-hydrogen) atoms. The molecule has 0 amide bonds. The van der Waals surface area contributed by atoms with Crippen molar-refractivity contribution in [2.45, 2.75) is 19.3 Å². The van der Waals surface area contributed by atoms with Gasteiger partial charge in [0.05, 0.1) is 100 Å². The topological polar surface area (TPSA) is 76.2 Å². The Labute approximate surface area is 814 Å². The molecule has 0 bridgehead atoms. The molecule has 0 unspecified atom stereocenters. The van der Waals surface area contributed by atoms with E-state index in [2.05, 4.69) is 492 Å². The van der Waals surface area contributed by atoms with Crippen LogP contribution in [0.15, 0.2) is 467 Å². The van der Waals surface area contributed by atoms with E-state index in [0.29, 0.717) is 0 Å². The summed E-state index contributed by atoms with van der Waals surface area (Å²) in [4.78, 5) is 21.9. The Kier molecular flexibility index (Phi) is 17.2. The van der Waals surface area contributed by atoms with Crippen LogP contribution in [0.3, 0.4) is 0 Å². The Morgan fingerprint density at radius 2 is 0.451 bits per heavy atom. The molecule has 7 aromatic heterocycles. The molecule has 30 aromatic rings. The van der Waals surface area contributed by atoms with Crippen LogP contribution in [0.1, 0.15) is 25.0 Å². The zero-order valence-electron chi connectivity index (χ0n) is 77.5. The average molecular weight is 1810 g/mol. The molecule has 0 N–H and O–H groups in total. The highest BCUT2D eigenvalue weighted by atomic mass is 15.0. The predicted molar refractivity (Wildman–Crippen MR) is 595 cm³/mol. The highest BCUT2D eigenvalue weighted by molar-refractivity contribution is 6.21. The van der Waals surface area contributed by atoms with E-state index in [0.717, 1.165) is 134 Å². The van der Waals surface area contributed by atoms with Crippen molar-refractivity contribution in [2.24, 2.45) is 0 Å². The minimum atomic E-state index is -0.218. The van der Waals surface area contributed by atoms with E-state index >= 15 is 0 Å². The molecule has 0 spiro atoms. The van der Waals surface area contributed by atoms with Crippen LogP contribution >= 0.6 is 0 Å². The molecule has 23 aromatic carbocycles. The first-order chi connectivity index (χ1) is 70.1. The number of nitrogens with zero attached hydrogens (tertiary/aromatic N) is 9. The number of rotatable bonds is 9. The van der Waals surface area contributed by atoms with E-state index in [9.17, 15) is 0 Å². The Balaban J connectivity index is 0.000000133. The minimum absolute atomic E-state index is 0.218.